The van der Waals surface area contributed by atoms with Crippen molar-refractivity contribution in [2.75, 3.05) is 5.43 Å². The molecule has 0 aliphatic carbocycles. The molecule has 10 heavy (non-hydrogen) atoms. The van der Waals surface area contributed by atoms with Crippen LogP contribution >= 0.6 is 0 Å². The largest absolute Gasteiger partial charge is 0.304 e. The highest BCUT2D eigenvalue weighted by molar-refractivity contribution is 5.35. The van der Waals surface area contributed by atoms with Gasteiger partial charge in [0, 0.05) is 6.07 Å². The predicted molar refractivity (Wildman–Crippen MR) is 38.3 cm³/mol. The molecular formula is C6H10N4. The van der Waals surface area contributed by atoms with Gasteiger partial charge in [0.25, 0.3) is 0 Å². The Kier molecular flexibility index (Phi) is 1.14. The number of aromatic nitrogens is 2. The minimum atomic E-state index is 0.324. The number of hydrazine groups is 1. The lowest BCUT2D eigenvalue weighted by atomic mass is 10.4. The fraction of sp³-hybridized carbons (Fsp3) is 0.500. The summed E-state index contributed by atoms with van der Waals surface area (Å²) in [5.74, 6) is 1.05. The van der Waals surface area contributed by atoms with E-state index in [0.717, 1.165) is 12.2 Å². The molecule has 0 amide bonds. The second-order valence-corrected chi connectivity index (χ2v) is 2.35. The fourth-order valence-electron chi connectivity index (χ4n) is 1.16. The van der Waals surface area contributed by atoms with Crippen LogP contribution in [0.3, 0.4) is 0 Å². The molecule has 1 atom stereocenters. The molecule has 1 aliphatic rings. The highest BCUT2D eigenvalue weighted by atomic mass is 15.6. The summed E-state index contributed by atoms with van der Waals surface area (Å²) in [6, 6.07) is 1.95. The predicted octanol–water partition coefficient (Wildman–Crippen LogP) is 0.722. The van der Waals surface area contributed by atoms with Gasteiger partial charge in [-0.3, -0.25) is 0 Å². The molecule has 2 rings (SSSR count). The second kappa shape index (κ2) is 1.98. The van der Waals surface area contributed by atoms with Gasteiger partial charge in [0.05, 0.1) is 6.20 Å². The minimum Gasteiger partial charge on any atom is -0.304 e. The van der Waals surface area contributed by atoms with Crippen molar-refractivity contribution in [1.29, 1.82) is 0 Å². The molecule has 0 bridgehead atoms. The van der Waals surface area contributed by atoms with Gasteiger partial charge < -0.3 is 5.43 Å². The number of fused-ring (bicyclic) bond motifs is 1. The summed E-state index contributed by atoms with van der Waals surface area (Å²) in [4.78, 5) is 0. The third kappa shape index (κ3) is 0.623. The van der Waals surface area contributed by atoms with Crippen LogP contribution in [0.25, 0.3) is 0 Å². The third-order valence-electron chi connectivity index (χ3n) is 1.72. The lowest BCUT2D eigenvalue weighted by molar-refractivity contribution is 0.431. The van der Waals surface area contributed by atoms with Crippen molar-refractivity contribution in [3.8, 4) is 0 Å². The van der Waals surface area contributed by atoms with Gasteiger partial charge in [0.1, 0.15) is 12.0 Å². The van der Waals surface area contributed by atoms with Crippen molar-refractivity contribution >= 4 is 5.82 Å². The van der Waals surface area contributed by atoms with Crippen molar-refractivity contribution in [3.63, 3.8) is 0 Å². The van der Waals surface area contributed by atoms with Crippen LogP contribution < -0.4 is 10.9 Å². The summed E-state index contributed by atoms with van der Waals surface area (Å²) in [6.07, 6.45) is 3.16. The highest BCUT2D eigenvalue weighted by Gasteiger charge is 2.18. The van der Waals surface area contributed by atoms with Gasteiger partial charge in [-0.2, -0.15) is 5.10 Å². The lowest BCUT2D eigenvalue weighted by Crippen LogP contribution is -2.21. The molecule has 1 unspecified atom stereocenters. The van der Waals surface area contributed by atoms with Crippen LogP contribution in [0.15, 0.2) is 12.3 Å². The quantitative estimate of drug-likeness (QED) is 0.601. The van der Waals surface area contributed by atoms with Crippen LogP contribution in [0, 0.1) is 0 Å². The molecule has 1 aromatic rings. The molecule has 2 heterocycles. The van der Waals surface area contributed by atoms with E-state index in [2.05, 4.69) is 22.9 Å². The Morgan fingerprint density at radius 3 is 3.50 bits per heavy atom. The third-order valence-corrected chi connectivity index (χ3v) is 1.72. The van der Waals surface area contributed by atoms with Crippen LogP contribution in [0.5, 0.6) is 0 Å². The minimum absolute atomic E-state index is 0.324. The van der Waals surface area contributed by atoms with Crippen molar-refractivity contribution in [3.05, 3.63) is 12.3 Å². The molecule has 4 nitrogen and oxygen atoms in total. The molecule has 0 fully saturated rings. The fourth-order valence-corrected chi connectivity index (χ4v) is 1.16. The van der Waals surface area contributed by atoms with Gasteiger partial charge in [-0.15, -0.1) is 0 Å². The van der Waals surface area contributed by atoms with Crippen LogP contribution in [-0.4, -0.2) is 9.78 Å². The topological polar surface area (TPSA) is 41.9 Å². The number of rotatable bonds is 1. The van der Waals surface area contributed by atoms with Gasteiger partial charge in [-0.1, -0.05) is 6.92 Å². The Bertz CT molecular complexity index is 229. The van der Waals surface area contributed by atoms with Crippen LogP contribution in [0.2, 0.25) is 0 Å². The summed E-state index contributed by atoms with van der Waals surface area (Å²) in [5.41, 5.74) is 6.13. The summed E-state index contributed by atoms with van der Waals surface area (Å²) in [7, 11) is 0. The Labute approximate surface area is 59.2 Å². The normalized spacial score (nSPS) is 22.3. The zero-order chi connectivity index (χ0) is 6.97. The summed E-state index contributed by atoms with van der Waals surface area (Å²) in [6.45, 7) is 2.12. The summed E-state index contributed by atoms with van der Waals surface area (Å²) >= 11 is 0. The number of nitrogens with zero attached hydrogens (tertiary/aromatic N) is 2. The highest BCUT2D eigenvalue weighted by Crippen LogP contribution is 2.19. The second-order valence-electron chi connectivity index (χ2n) is 2.35. The van der Waals surface area contributed by atoms with E-state index in [0.29, 0.717) is 6.17 Å². The van der Waals surface area contributed by atoms with E-state index in [-0.39, 0.29) is 0 Å². The van der Waals surface area contributed by atoms with E-state index >= 15 is 0 Å². The monoisotopic (exact) mass is 138 g/mol. The van der Waals surface area contributed by atoms with Crippen molar-refractivity contribution in [2.24, 2.45) is 0 Å². The Hall–Kier alpha value is -1.03. The molecule has 0 saturated heterocycles. The van der Waals surface area contributed by atoms with E-state index in [4.69, 9.17) is 0 Å². The standard InChI is InChI=1S/C6H10N4/c1-2-5-8-9-6-3-4-7-10(5)6/h3-5,8-9H,2H2,1H3. The van der Waals surface area contributed by atoms with Gasteiger partial charge in [0.15, 0.2) is 0 Å². The number of nitrogens with one attached hydrogen (secondary N) is 2. The van der Waals surface area contributed by atoms with Gasteiger partial charge in [-0.25, -0.2) is 10.1 Å². The molecule has 2 N–H and O–H groups in total. The Morgan fingerprint density at radius 1 is 1.80 bits per heavy atom. The SMILES string of the molecule is CCC1NNc2ccnn21. The zero-order valence-corrected chi connectivity index (χ0v) is 5.83. The van der Waals surface area contributed by atoms with Crippen molar-refractivity contribution in [1.82, 2.24) is 15.2 Å². The van der Waals surface area contributed by atoms with Gasteiger partial charge >= 0.3 is 0 Å². The van der Waals surface area contributed by atoms with Crippen LogP contribution in [0.4, 0.5) is 5.82 Å². The molecular weight excluding hydrogens is 128 g/mol. The molecule has 0 aromatic carbocycles. The maximum absolute atomic E-state index is 4.14. The first-order chi connectivity index (χ1) is 4.92. The van der Waals surface area contributed by atoms with Crippen LogP contribution in [0.1, 0.15) is 19.5 Å². The maximum Gasteiger partial charge on any atom is 0.140 e. The average molecular weight is 138 g/mol. The maximum atomic E-state index is 4.14. The number of hydrogen-bond acceptors (Lipinski definition) is 3. The molecule has 0 radical (unpaired) electrons. The first kappa shape index (κ1) is 5.73. The lowest BCUT2D eigenvalue weighted by Gasteiger charge is -2.05. The number of anilines is 1. The van der Waals surface area contributed by atoms with Crippen molar-refractivity contribution in [2.45, 2.75) is 19.5 Å². The smallest absolute Gasteiger partial charge is 0.140 e. The number of hydrogen-bond donors (Lipinski definition) is 2. The van der Waals surface area contributed by atoms with Gasteiger partial charge in [0.2, 0.25) is 0 Å². The molecule has 4 heteroatoms. The van der Waals surface area contributed by atoms with Crippen LogP contribution in [-0.2, 0) is 0 Å². The first-order valence-corrected chi connectivity index (χ1v) is 3.47. The molecule has 54 valence electrons. The zero-order valence-electron chi connectivity index (χ0n) is 5.83. The van der Waals surface area contributed by atoms with E-state index in [9.17, 15) is 0 Å². The Morgan fingerprint density at radius 2 is 2.70 bits per heavy atom. The van der Waals surface area contributed by atoms with Gasteiger partial charge in [-0.05, 0) is 6.42 Å². The van der Waals surface area contributed by atoms with E-state index < -0.39 is 0 Å². The molecule has 1 aliphatic heterocycles. The van der Waals surface area contributed by atoms with Crippen molar-refractivity contribution < 1.29 is 0 Å². The van der Waals surface area contributed by atoms with E-state index in [1.807, 2.05) is 10.7 Å². The molecule has 0 saturated carbocycles. The molecule has 1 aromatic heterocycles. The average Bonchev–Trinajstić information content (AvgIpc) is 2.44. The van der Waals surface area contributed by atoms with E-state index in [1.165, 1.54) is 0 Å². The van der Waals surface area contributed by atoms with E-state index in [1.54, 1.807) is 6.20 Å². The summed E-state index contributed by atoms with van der Waals surface area (Å²) < 4.78 is 1.94. The summed E-state index contributed by atoms with van der Waals surface area (Å²) in [5, 5.41) is 4.14. The molecule has 0 spiro atoms. The Balaban J connectivity index is 2.34. The first-order valence-electron chi connectivity index (χ1n) is 3.47.